The summed E-state index contributed by atoms with van der Waals surface area (Å²) in [5, 5.41) is 55.7. The molecule has 3 aliphatic carbocycles. The van der Waals surface area contributed by atoms with Crippen molar-refractivity contribution in [1.82, 2.24) is 0 Å². The molecular weight excluding hydrogens is 518 g/mol. The van der Waals surface area contributed by atoms with Gasteiger partial charge in [0.05, 0.1) is 17.4 Å². The number of carbonyl (C=O) groups is 3. The monoisotopic (exact) mass is 549 g/mol. The number of Topliss-reactive ketones (excluding diaryl/α,β-unsaturated/α-hetero) is 2. The normalized spacial score (nSPS) is 29.7. The zero-order chi connectivity index (χ0) is 28.9. The van der Waals surface area contributed by atoms with Crippen LogP contribution in [-0.4, -0.2) is 69.4 Å². The summed E-state index contributed by atoms with van der Waals surface area (Å²) < 4.78 is 24.6. The number of fused-ring (bicyclic) bond motifs is 3. The molecule has 0 bridgehead atoms. The minimum atomic E-state index is -3.62. The number of sulfone groups is 1. The summed E-state index contributed by atoms with van der Waals surface area (Å²) in [5.41, 5.74) is 0.384. The highest BCUT2D eigenvalue weighted by Gasteiger charge is 2.64. The number of rotatable bonds is 3. The Kier molecular flexibility index (Phi) is 6.14. The van der Waals surface area contributed by atoms with Crippen LogP contribution < -0.4 is 5.73 Å². The highest BCUT2D eigenvalue weighted by molar-refractivity contribution is 7.89. The number of benzene rings is 1. The number of hydrogen-bond acceptors (Lipinski definition) is 10. The third-order valence-electron chi connectivity index (χ3n) is 7.90. The molecule has 11 nitrogen and oxygen atoms in total. The van der Waals surface area contributed by atoms with Crippen LogP contribution in [0.1, 0.15) is 67.1 Å². The van der Waals surface area contributed by atoms with Gasteiger partial charge in [0.25, 0.3) is 5.91 Å². The predicted octanol–water partition coefficient (Wildman–Crippen LogP) is 0.954. The van der Waals surface area contributed by atoms with Crippen molar-refractivity contribution < 1.29 is 48.3 Å². The Bertz CT molecular complexity index is 1480. The third-order valence-corrected chi connectivity index (χ3v) is 8.74. The minimum Gasteiger partial charge on any atom is -0.511 e. The maximum atomic E-state index is 14.0. The smallest absolute Gasteiger partial charge is 0.255 e. The first kappa shape index (κ1) is 27.8. The van der Waals surface area contributed by atoms with Crippen LogP contribution in [0, 0.1) is 11.8 Å². The van der Waals surface area contributed by atoms with Gasteiger partial charge in [-0.1, -0.05) is 33.8 Å². The second-order valence-corrected chi connectivity index (χ2v) is 13.7. The van der Waals surface area contributed by atoms with Crippen molar-refractivity contribution in [2.45, 2.75) is 62.9 Å². The lowest BCUT2D eigenvalue weighted by atomic mass is 9.56. The molecule has 0 saturated carbocycles. The summed E-state index contributed by atoms with van der Waals surface area (Å²) in [6.45, 7) is 6.81. The Morgan fingerprint density at radius 2 is 1.76 bits per heavy atom. The molecule has 7 N–H and O–H groups in total. The van der Waals surface area contributed by atoms with E-state index in [1.807, 2.05) is 0 Å². The van der Waals surface area contributed by atoms with Crippen molar-refractivity contribution in [3.8, 4) is 5.75 Å². The Balaban J connectivity index is 2.07. The summed E-state index contributed by atoms with van der Waals surface area (Å²) in [6.07, 6.45) is -1.29. The average molecular weight is 550 g/mol. The molecule has 0 saturated heterocycles. The quantitative estimate of drug-likeness (QED) is 0.294. The summed E-state index contributed by atoms with van der Waals surface area (Å²) in [5.74, 6) is -10.3. The van der Waals surface area contributed by atoms with Crippen LogP contribution in [-0.2, 0) is 30.6 Å². The maximum Gasteiger partial charge on any atom is 0.255 e. The standard InChI is InChI=1S/C26H31NO10S/c1-9-14-10(8-38(5,36)37)6-11(25(2,3)4)19(29)17(14)21(31)18-15(9)20(30)12-7-13(28)16(24(27)34)22(32)26(12,35)23(18)33/h6,9,12,15,20,28-30,33,35H,7-8H2,1-5H3,(H2,27,34)/t9-,12+,15+,20+,26+/m0/s1. The molecule has 3 aliphatic rings. The molecule has 1 aromatic carbocycles. The van der Waals surface area contributed by atoms with Crippen molar-refractivity contribution in [3.05, 3.63) is 51.0 Å². The summed E-state index contributed by atoms with van der Waals surface area (Å²) in [6, 6.07) is 1.51. The van der Waals surface area contributed by atoms with Crippen LogP contribution in [0.3, 0.4) is 0 Å². The molecule has 0 aromatic heterocycles. The molecular formula is C26H31NO10S. The second kappa shape index (κ2) is 8.39. The first-order chi connectivity index (χ1) is 17.2. The molecule has 0 fully saturated rings. The van der Waals surface area contributed by atoms with Crippen LogP contribution in [0.5, 0.6) is 5.75 Å². The molecule has 1 aromatic rings. The Hall–Kier alpha value is -3.22. The fourth-order valence-corrected chi connectivity index (χ4v) is 7.03. The molecule has 4 rings (SSSR count). The average Bonchev–Trinajstić information content (AvgIpc) is 2.75. The lowest BCUT2D eigenvalue weighted by Crippen LogP contribution is -2.62. The molecule has 206 valence electrons. The zero-order valence-corrected chi connectivity index (χ0v) is 22.4. The predicted molar refractivity (Wildman–Crippen MR) is 134 cm³/mol. The van der Waals surface area contributed by atoms with Crippen molar-refractivity contribution in [2.75, 3.05) is 6.26 Å². The van der Waals surface area contributed by atoms with Crippen LogP contribution in [0.2, 0.25) is 0 Å². The highest BCUT2D eigenvalue weighted by atomic mass is 32.2. The number of phenols is 1. The van der Waals surface area contributed by atoms with E-state index in [0.29, 0.717) is 0 Å². The molecule has 1 amide bonds. The number of amides is 1. The van der Waals surface area contributed by atoms with Crippen molar-refractivity contribution in [1.29, 1.82) is 0 Å². The zero-order valence-electron chi connectivity index (χ0n) is 21.6. The number of ketones is 2. The van der Waals surface area contributed by atoms with Gasteiger partial charge in [0.2, 0.25) is 5.78 Å². The van der Waals surface area contributed by atoms with Crippen molar-refractivity contribution in [3.63, 3.8) is 0 Å². The van der Waals surface area contributed by atoms with Gasteiger partial charge < -0.3 is 31.3 Å². The largest absolute Gasteiger partial charge is 0.511 e. The maximum absolute atomic E-state index is 14.0. The Morgan fingerprint density at radius 1 is 1.18 bits per heavy atom. The van der Waals surface area contributed by atoms with E-state index in [-0.39, 0.29) is 22.3 Å². The number of carbonyl (C=O) groups excluding carboxylic acids is 3. The van der Waals surface area contributed by atoms with E-state index in [1.165, 1.54) is 6.07 Å². The molecule has 5 atom stereocenters. The van der Waals surface area contributed by atoms with E-state index in [2.05, 4.69) is 0 Å². The SMILES string of the molecule is C[C@H]1c2c(CS(C)(=O)=O)cc(C(C)(C)C)c(O)c2C(=O)C2=C(O)[C@]3(O)C(=O)C(C(N)=O)=C(O)C[C@@H]3[C@@H](O)[C@@H]21. The highest BCUT2D eigenvalue weighted by Crippen LogP contribution is 2.56. The van der Waals surface area contributed by atoms with E-state index in [4.69, 9.17) is 5.73 Å². The van der Waals surface area contributed by atoms with E-state index in [9.17, 15) is 48.3 Å². The lowest BCUT2D eigenvalue weighted by Gasteiger charge is -2.50. The molecule has 12 heteroatoms. The van der Waals surface area contributed by atoms with Gasteiger partial charge in [0, 0.05) is 35.6 Å². The molecule has 0 unspecified atom stereocenters. The van der Waals surface area contributed by atoms with Crippen LogP contribution >= 0.6 is 0 Å². The van der Waals surface area contributed by atoms with Gasteiger partial charge in [0.1, 0.15) is 22.8 Å². The number of aliphatic hydroxyl groups is 4. The van der Waals surface area contributed by atoms with Crippen LogP contribution in [0.25, 0.3) is 0 Å². The first-order valence-electron chi connectivity index (χ1n) is 12.0. The van der Waals surface area contributed by atoms with Gasteiger partial charge in [0.15, 0.2) is 21.2 Å². The van der Waals surface area contributed by atoms with E-state index in [0.717, 1.165) is 6.26 Å². The number of nitrogens with two attached hydrogens (primary N) is 1. The molecule has 38 heavy (non-hydrogen) atoms. The minimum absolute atomic E-state index is 0.164. The fourth-order valence-electron chi connectivity index (χ4n) is 6.22. The van der Waals surface area contributed by atoms with Crippen molar-refractivity contribution in [2.24, 2.45) is 17.6 Å². The number of hydrogen-bond donors (Lipinski definition) is 6. The molecule has 0 radical (unpaired) electrons. The molecule has 0 spiro atoms. The number of primary amides is 1. The molecule has 0 aliphatic heterocycles. The lowest BCUT2D eigenvalue weighted by molar-refractivity contribution is -0.154. The fraction of sp³-hybridized carbons (Fsp3) is 0.500. The van der Waals surface area contributed by atoms with Gasteiger partial charge in [-0.2, -0.15) is 0 Å². The third kappa shape index (κ3) is 3.76. The van der Waals surface area contributed by atoms with E-state index >= 15 is 0 Å². The topological polar surface area (TPSA) is 213 Å². The first-order valence-corrected chi connectivity index (χ1v) is 14.0. The number of phenolic OH excluding ortho intramolecular Hbond substituents is 1. The number of allylic oxidation sites excluding steroid dienone is 1. The second-order valence-electron chi connectivity index (χ2n) is 11.5. The summed E-state index contributed by atoms with van der Waals surface area (Å²) >= 11 is 0. The summed E-state index contributed by atoms with van der Waals surface area (Å²) in [4.78, 5) is 39.0. The van der Waals surface area contributed by atoms with E-state index in [1.54, 1.807) is 27.7 Å². The van der Waals surface area contributed by atoms with Gasteiger partial charge in [-0.05, 0) is 22.5 Å². The van der Waals surface area contributed by atoms with Crippen LogP contribution in [0.15, 0.2) is 28.7 Å². The number of aromatic hydroxyl groups is 1. The van der Waals surface area contributed by atoms with Gasteiger partial charge in [-0.15, -0.1) is 0 Å². The van der Waals surface area contributed by atoms with Gasteiger partial charge >= 0.3 is 0 Å². The van der Waals surface area contributed by atoms with Crippen molar-refractivity contribution >= 4 is 27.3 Å². The van der Waals surface area contributed by atoms with Gasteiger partial charge in [-0.25, -0.2) is 8.42 Å². The Morgan fingerprint density at radius 3 is 2.26 bits per heavy atom. The number of aliphatic hydroxyl groups excluding tert-OH is 3. The van der Waals surface area contributed by atoms with E-state index < -0.39 is 103 Å². The molecule has 0 heterocycles. The Labute approximate surface area is 219 Å². The van der Waals surface area contributed by atoms with Crippen LogP contribution in [0.4, 0.5) is 0 Å². The summed E-state index contributed by atoms with van der Waals surface area (Å²) in [7, 11) is -3.62. The van der Waals surface area contributed by atoms with Gasteiger partial charge in [-0.3, -0.25) is 14.4 Å².